The molecule has 0 saturated carbocycles. The monoisotopic (exact) mass is 470 g/mol. The van der Waals surface area contributed by atoms with E-state index in [4.69, 9.17) is 34.7 Å². The highest BCUT2D eigenvalue weighted by Crippen LogP contribution is 2.31. The summed E-state index contributed by atoms with van der Waals surface area (Å²) in [7, 11) is 1.93. The number of hydrogen-bond donors (Lipinski definition) is 4. The third-order valence-corrected chi connectivity index (χ3v) is 5.88. The van der Waals surface area contributed by atoms with Crippen LogP contribution in [0.5, 0.6) is 0 Å². The first-order chi connectivity index (χ1) is 15.3. The largest absolute Gasteiger partial charge is 0.507 e. The fraction of sp³-hybridized carbons (Fsp3) is 0.167. The van der Waals surface area contributed by atoms with E-state index in [2.05, 4.69) is 16.6 Å². The predicted molar refractivity (Wildman–Crippen MR) is 132 cm³/mol. The quantitative estimate of drug-likeness (QED) is 0.384. The number of aliphatic hydroxyl groups excluding tert-OH is 1. The third-order valence-electron chi connectivity index (χ3n) is 5.07. The summed E-state index contributed by atoms with van der Waals surface area (Å²) >= 11 is 12.2. The van der Waals surface area contributed by atoms with E-state index in [0.29, 0.717) is 34.9 Å². The van der Waals surface area contributed by atoms with Crippen LogP contribution in [0, 0.1) is 0 Å². The molecular weight excluding hydrogens is 445 g/mol. The van der Waals surface area contributed by atoms with Gasteiger partial charge in [0.05, 0.1) is 15.7 Å². The van der Waals surface area contributed by atoms with Crippen molar-refractivity contribution >= 4 is 40.6 Å². The number of hydrogen-bond acceptors (Lipinski definition) is 3. The van der Waals surface area contributed by atoms with E-state index in [-0.39, 0.29) is 22.5 Å². The highest BCUT2D eigenvalue weighted by Gasteiger charge is 2.25. The summed E-state index contributed by atoms with van der Waals surface area (Å²) in [4.78, 5) is 9.27. The molecule has 32 heavy (non-hydrogen) atoms. The van der Waals surface area contributed by atoms with Crippen LogP contribution >= 0.6 is 23.2 Å². The van der Waals surface area contributed by atoms with Crippen LogP contribution in [0.2, 0.25) is 10.0 Å². The maximum Gasteiger partial charge on any atom is 0.309 e. The molecule has 166 valence electrons. The minimum atomic E-state index is -0.472. The lowest BCUT2D eigenvalue weighted by atomic mass is 9.98. The lowest BCUT2D eigenvalue weighted by molar-refractivity contribution is -0.495. The van der Waals surface area contributed by atoms with Gasteiger partial charge in [-0.3, -0.25) is 10.7 Å². The smallest absolute Gasteiger partial charge is 0.309 e. The fourth-order valence-electron chi connectivity index (χ4n) is 3.27. The number of nitrogens with one attached hydrogen (secondary N) is 1. The highest BCUT2D eigenvalue weighted by molar-refractivity contribution is 6.44. The fourth-order valence-corrected chi connectivity index (χ4v) is 3.60. The molecule has 3 rings (SSSR count). The molecule has 1 unspecified atom stereocenters. The van der Waals surface area contributed by atoms with Gasteiger partial charge in [-0.1, -0.05) is 78.3 Å². The maximum atomic E-state index is 10.9. The van der Waals surface area contributed by atoms with Crippen LogP contribution in [0.25, 0.3) is 0 Å². The standard InChI is InChI=1S/C24H25Cl2N5O/c1-15(31(2)14-16-8-4-3-5-9-16)17-10-6-13-20(22(17)32)30-24(28)23(27)29-19-12-7-11-18(25)21(19)26/h3-12,20,32H,1,13-14H2,2H3,(H2,27,29)(H2,28,30)/p+1. The number of amidine groups is 2. The van der Waals surface area contributed by atoms with Crippen molar-refractivity contribution in [2.24, 2.45) is 16.5 Å². The lowest BCUT2D eigenvalue weighted by Crippen LogP contribution is -2.84. The molecular formula is C24H26Cl2N5O+. The number of halogens is 2. The van der Waals surface area contributed by atoms with Crippen molar-refractivity contribution in [3.63, 3.8) is 0 Å². The Kier molecular flexibility index (Phi) is 7.62. The molecule has 2 aromatic carbocycles. The first kappa shape index (κ1) is 23.4. The summed E-state index contributed by atoms with van der Waals surface area (Å²) in [5.74, 6) is 0.294. The summed E-state index contributed by atoms with van der Waals surface area (Å²) in [5.41, 5.74) is 15.0. The summed E-state index contributed by atoms with van der Waals surface area (Å²) in [5, 5.41) is 11.6. The van der Waals surface area contributed by atoms with Crippen LogP contribution in [0.3, 0.4) is 0 Å². The average molecular weight is 471 g/mol. The second-order valence-corrected chi connectivity index (χ2v) is 8.19. The van der Waals surface area contributed by atoms with Gasteiger partial charge in [-0.05, 0) is 17.7 Å². The van der Waals surface area contributed by atoms with Crippen molar-refractivity contribution in [3.05, 3.63) is 99.9 Å². The molecule has 0 aromatic heterocycles. The van der Waals surface area contributed by atoms with Gasteiger partial charge in [0.25, 0.3) is 0 Å². The zero-order valence-electron chi connectivity index (χ0n) is 17.7. The second-order valence-electron chi connectivity index (χ2n) is 7.41. The van der Waals surface area contributed by atoms with Crippen LogP contribution in [0.4, 0.5) is 5.69 Å². The van der Waals surface area contributed by atoms with Crippen LogP contribution in [-0.2, 0) is 6.54 Å². The van der Waals surface area contributed by atoms with Crippen molar-refractivity contribution in [1.29, 1.82) is 0 Å². The van der Waals surface area contributed by atoms with E-state index in [1.165, 1.54) is 0 Å². The first-order valence-electron chi connectivity index (χ1n) is 9.99. The van der Waals surface area contributed by atoms with Crippen molar-refractivity contribution < 1.29 is 10.1 Å². The highest BCUT2D eigenvalue weighted by atomic mass is 35.5. The summed E-state index contributed by atoms with van der Waals surface area (Å²) in [6.45, 7) is 4.83. The van der Waals surface area contributed by atoms with Gasteiger partial charge in [0.1, 0.15) is 5.76 Å². The number of likely N-dealkylation sites (N-methyl/N-ethyl adjacent to an activating group) is 1. The van der Waals surface area contributed by atoms with Crippen molar-refractivity contribution in [3.8, 4) is 0 Å². The maximum absolute atomic E-state index is 10.9. The minimum absolute atomic E-state index is 0.0399. The Morgan fingerprint density at radius 1 is 1.19 bits per heavy atom. The van der Waals surface area contributed by atoms with Gasteiger partial charge in [-0.25, -0.2) is 4.99 Å². The Labute approximate surface area is 197 Å². The average Bonchev–Trinajstić information content (AvgIpc) is 2.78. The molecule has 2 aromatic rings. The molecule has 0 aliphatic heterocycles. The molecule has 1 atom stereocenters. The number of benzene rings is 2. The van der Waals surface area contributed by atoms with Gasteiger partial charge in [-0.2, -0.15) is 0 Å². The summed E-state index contributed by atoms with van der Waals surface area (Å²) < 4.78 is 0. The van der Waals surface area contributed by atoms with Gasteiger partial charge in [0, 0.05) is 31.3 Å². The molecule has 8 heteroatoms. The van der Waals surface area contributed by atoms with Crippen molar-refractivity contribution in [2.75, 3.05) is 7.05 Å². The van der Waals surface area contributed by atoms with E-state index in [1.807, 2.05) is 54.4 Å². The van der Waals surface area contributed by atoms with Gasteiger partial charge < -0.3 is 15.7 Å². The molecule has 6 nitrogen and oxygen atoms in total. The van der Waals surface area contributed by atoms with Crippen LogP contribution in [0.15, 0.2) is 89.3 Å². The van der Waals surface area contributed by atoms with Gasteiger partial charge in [0.2, 0.25) is 5.84 Å². The Hall–Kier alpha value is -3.22. The van der Waals surface area contributed by atoms with Gasteiger partial charge >= 0.3 is 5.84 Å². The normalized spacial score (nSPS) is 16.9. The van der Waals surface area contributed by atoms with Crippen LogP contribution < -0.4 is 16.5 Å². The van der Waals surface area contributed by atoms with E-state index in [9.17, 15) is 5.11 Å². The predicted octanol–water partition coefficient (Wildman–Crippen LogP) is 3.21. The Morgan fingerprint density at radius 2 is 1.91 bits per heavy atom. The SMILES string of the molecule is C=C(C1=C(O)C([NH+]=C(N)C(N)=Nc2cccc(Cl)c2Cl)CC=C1)N(C)Cc1ccccc1. The zero-order chi connectivity index (χ0) is 23.3. The van der Waals surface area contributed by atoms with E-state index in [1.54, 1.807) is 18.2 Å². The second kappa shape index (κ2) is 10.4. The molecule has 0 saturated heterocycles. The van der Waals surface area contributed by atoms with Crippen LogP contribution in [-0.4, -0.2) is 34.8 Å². The van der Waals surface area contributed by atoms with Crippen molar-refractivity contribution in [1.82, 2.24) is 4.90 Å². The number of aliphatic hydroxyl groups is 1. The molecule has 1 aliphatic carbocycles. The van der Waals surface area contributed by atoms with Gasteiger partial charge in [0.15, 0.2) is 6.04 Å². The molecule has 0 radical (unpaired) electrons. The summed E-state index contributed by atoms with van der Waals surface area (Å²) in [6, 6.07) is 14.6. The van der Waals surface area contributed by atoms with E-state index < -0.39 is 6.04 Å². The topological polar surface area (TPSA) is 102 Å². The number of nitrogens with two attached hydrogens (primary N) is 2. The molecule has 0 bridgehead atoms. The third kappa shape index (κ3) is 5.52. The van der Waals surface area contributed by atoms with Crippen molar-refractivity contribution in [2.45, 2.75) is 19.0 Å². The number of rotatable bonds is 6. The van der Waals surface area contributed by atoms with Crippen LogP contribution in [0.1, 0.15) is 12.0 Å². The molecule has 0 fully saturated rings. The molecule has 6 N–H and O–H groups in total. The molecule has 0 spiro atoms. The first-order valence-corrected chi connectivity index (χ1v) is 10.7. The van der Waals surface area contributed by atoms with E-state index >= 15 is 0 Å². The number of nitrogens with zero attached hydrogens (tertiary/aromatic N) is 2. The molecule has 1 aliphatic rings. The number of aliphatic imine (C=N–C) groups is 1. The minimum Gasteiger partial charge on any atom is -0.507 e. The Bertz CT molecular complexity index is 1120. The Morgan fingerprint density at radius 3 is 2.62 bits per heavy atom. The molecule has 0 amide bonds. The van der Waals surface area contributed by atoms with Gasteiger partial charge in [-0.15, -0.1) is 0 Å². The Balaban J connectivity index is 1.80. The molecule has 0 heterocycles. The summed E-state index contributed by atoms with van der Waals surface area (Å²) in [6.07, 6.45) is 4.33. The number of allylic oxidation sites excluding steroid dienone is 1. The van der Waals surface area contributed by atoms with E-state index in [0.717, 1.165) is 5.56 Å². The lowest BCUT2D eigenvalue weighted by Gasteiger charge is -2.25. The zero-order valence-corrected chi connectivity index (χ0v) is 19.2.